The van der Waals surface area contributed by atoms with Crippen LogP contribution >= 0.6 is 0 Å². The maximum absolute atomic E-state index is 5.82. The normalized spacial score (nSPS) is 18.8. The van der Waals surface area contributed by atoms with Crippen LogP contribution in [-0.4, -0.2) is 48.8 Å². The summed E-state index contributed by atoms with van der Waals surface area (Å²) in [5.74, 6) is 7.54. The fraction of sp³-hybridized carbons (Fsp3) is 1.00. The molecule has 3 N–H and O–H groups in total. The summed E-state index contributed by atoms with van der Waals surface area (Å²) >= 11 is 0. The Kier molecular flexibility index (Phi) is 38.9. The van der Waals surface area contributed by atoms with Gasteiger partial charge in [-0.2, -0.15) is 0 Å². The van der Waals surface area contributed by atoms with Gasteiger partial charge in [-0.1, -0.05) is 91.9 Å². The topological polar surface area (TPSA) is 41.3 Å². The Labute approximate surface area is 297 Å². The van der Waals surface area contributed by atoms with Gasteiger partial charge in [0.15, 0.2) is 0 Å². The van der Waals surface area contributed by atoms with E-state index in [2.05, 4.69) is 66.3 Å². The van der Waals surface area contributed by atoms with Crippen molar-refractivity contribution in [1.29, 1.82) is 0 Å². The molecule has 0 bridgehead atoms. The van der Waals surface area contributed by atoms with Gasteiger partial charge in [-0.25, -0.2) is 10.4 Å². The molecule has 0 aromatic rings. The van der Waals surface area contributed by atoms with Crippen LogP contribution in [0.5, 0.6) is 0 Å². The third-order valence-corrected chi connectivity index (χ3v) is 9.58. The van der Waals surface area contributed by atoms with E-state index in [0.29, 0.717) is 11.1 Å². The summed E-state index contributed by atoms with van der Waals surface area (Å²) in [6, 6.07) is 0. The van der Waals surface area contributed by atoms with Crippen molar-refractivity contribution in [2.75, 3.05) is 28.2 Å². The molecule has 2 aliphatic carbocycles. The second-order valence-corrected chi connectivity index (χ2v) is 13.0. The van der Waals surface area contributed by atoms with Gasteiger partial charge in [-0.3, -0.25) is 0 Å². The van der Waals surface area contributed by atoms with E-state index in [0.717, 1.165) is 16.4 Å². The number of nitrogens with zero attached hydrogens (tertiary/aromatic N) is 2. The van der Waals surface area contributed by atoms with Crippen molar-refractivity contribution >= 4 is 0 Å². The van der Waals surface area contributed by atoms with Crippen molar-refractivity contribution in [3.8, 4) is 0 Å². The predicted octanol–water partition coefficient (Wildman–Crippen LogP) is -4.16. The molecule has 0 heterocycles. The molecule has 2 radical (unpaired) electrons. The van der Waals surface area contributed by atoms with Crippen molar-refractivity contribution in [2.24, 2.45) is 17.7 Å². The van der Waals surface area contributed by atoms with Gasteiger partial charge in [0.25, 0.3) is 0 Å². The summed E-state index contributed by atoms with van der Waals surface area (Å²) in [7, 11) is 9.05. The summed E-state index contributed by atoms with van der Waals surface area (Å²) in [4.78, 5) is 2.52. The zero-order valence-electron chi connectivity index (χ0n) is 27.0. The smallest absolute Gasteiger partial charge is 1.00 e. The molecule has 2 atom stereocenters. The Morgan fingerprint density at radius 3 is 1.43 bits per heavy atom. The molecular weight excluding hydrogens is 689 g/mol. The molecule has 0 spiro atoms. The van der Waals surface area contributed by atoms with Crippen LogP contribution in [0, 0.1) is 11.8 Å². The summed E-state index contributed by atoms with van der Waals surface area (Å²) < 4.78 is 0.767. The fourth-order valence-electron chi connectivity index (χ4n) is 6.99. The third-order valence-electron chi connectivity index (χ3n) is 9.58. The number of halogens is 4. The number of nitrogens with two attached hydrogens (primary N) is 1. The second-order valence-electron chi connectivity index (χ2n) is 13.0. The molecule has 2 fully saturated rings. The molecule has 4 nitrogen and oxygen atoms in total. The Morgan fingerprint density at radius 1 is 0.700 bits per heavy atom. The van der Waals surface area contributed by atoms with Crippen LogP contribution in [0.2, 0.25) is 0 Å². The van der Waals surface area contributed by atoms with Crippen molar-refractivity contribution in [3.63, 3.8) is 0 Å². The standard InChI is InChI=1S/C15H34N3.C15H31N.4ClH.2Cu/c1-5-6-10-14(2)13-15(18(3,4)17-16)11-8-7-9-12-15;1-5-6-10-14(2)13-15(16(3)4)11-8-7-9-12-15;;;;;;/h14,17H,5-13,16H2,1-4H3;14H,5-13H2,1-4H3;4*1H;;/q+1;;;;;;2*+2/p-4/i18+2;16+2;;;;;;. The Bertz CT molecular complexity index is 534. The van der Waals surface area contributed by atoms with Crippen LogP contribution in [0.15, 0.2) is 0 Å². The quantitative estimate of drug-likeness (QED) is 0.0870. The summed E-state index contributed by atoms with van der Waals surface area (Å²) in [5.41, 5.74) is 3.93. The van der Waals surface area contributed by atoms with Gasteiger partial charge in [-0.15, -0.1) is 5.53 Å². The molecule has 0 aromatic carbocycles. The summed E-state index contributed by atoms with van der Waals surface area (Å²) in [6.07, 6.45) is 24.9. The second kappa shape index (κ2) is 28.5. The average Bonchev–Trinajstić information content (AvgIpc) is 2.82. The molecule has 2 aliphatic rings. The third kappa shape index (κ3) is 18.1. The van der Waals surface area contributed by atoms with Gasteiger partial charge in [0.2, 0.25) is 0 Å². The van der Waals surface area contributed by atoms with Crippen molar-refractivity contribution in [1.82, 2.24) is 10.4 Å². The van der Waals surface area contributed by atoms with E-state index in [9.17, 15) is 0 Å². The number of hydrogen-bond donors (Lipinski definition) is 2. The van der Waals surface area contributed by atoms with Crippen LogP contribution in [0.4, 0.5) is 0 Å². The Morgan fingerprint density at radius 2 is 1.07 bits per heavy atom. The number of unbranched alkanes of at least 4 members (excludes halogenated alkanes) is 2. The Hall–Kier alpha value is 2.04. The molecule has 10 heteroatoms. The molecule has 2 unspecified atom stereocenters. The average molecular weight is 755 g/mol. The molecule has 0 aromatic heterocycles. The summed E-state index contributed by atoms with van der Waals surface area (Å²) in [6.45, 7) is 9.46. The van der Waals surface area contributed by atoms with Crippen LogP contribution in [0.25, 0.3) is 0 Å². The first-order valence-electron chi connectivity index (χ1n) is 15.1. The van der Waals surface area contributed by atoms with E-state index in [1.54, 1.807) is 0 Å². The van der Waals surface area contributed by atoms with Gasteiger partial charge in [0.1, 0.15) is 5.54 Å². The predicted molar refractivity (Wildman–Crippen MR) is 151 cm³/mol. The molecule has 2 rings (SSSR count). The van der Waals surface area contributed by atoms with Gasteiger partial charge in [-0.05, 0) is 58.0 Å². The number of quaternary nitrogens is 1. The number of hydrazine groups is 1. The van der Waals surface area contributed by atoms with E-state index in [4.69, 9.17) is 5.84 Å². The van der Waals surface area contributed by atoms with Crippen LogP contribution in [-0.2, 0) is 34.1 Å². The zero-order chi connectivity index (χ0) is 25.7. The molecular formula is C30H65Cl4Cu2N4+. The SMILES string of the molecule is CCCCC(C)CC1([16N+](C)(C)NN)CCCCC1.CCCCC(C)CC1([16N](C)C)CCCCC1.[Cl-].[Cl-].[Cl-].[Cl-].[Cu+2].[Cu+2]. The minimum absolute atomic E-state index is 0. The summed E-state index contributed by atoms with van der Waals surface area (Å²) in [5, 5.41) is 0. The zero-order valence-corrected chi connectivity index (χ0v) is 31.9. The molecule has 254 valence electrons. The van der Waals surface area contributed by atoms with E-state index in [1.165, 1.54) is 116 Å². The first-order valence-corrected chi connectivity index (χ1v) is 15.1. The van der Waals surface area contributed by atoms with E-state index in [-0.39, 0.29) is 83.8 Å². The van der Waals surface area contributed by atoms with Gasteiger partial charge in [0.05, 0.1) is 14.1 Å². The minimum atomic E-state index is 0. The molecule has 0 aliphatic heterocycles. The number of nitrogens with one attached hydrogen (secondary N) is 1. The van der Waals surface area contributed by atoms with E-state index in [1.807, 2.05) is 0 Å². The molecule has 2 saturated carbocycles. The fourth-order valence-corrected chi connectivity index (χ4v) is 6.99. The van der Waals surface area contributed by atoms with E-state index < -0.39 is 0 Å². The molecule has 40 heavy (non-hydrogen) atoms. The minimum Gasteiger partial charge on any atom is -1.00 e. The van der Waals surface area contributed by atoms with Crippen LogP contribution in [0.3, 0.4) is 0 Å². The largest absolute Gasteiger partial charge is 2.00 e. The van der Waals surface area contributed by atoms with Crippen molar-refractivity contribution in [3.05, 3.63) is 0 Å². The van der Waals surface area contributed by atoms with Gasteiger partial charge in [0, 0.05) is 24.8 Å². The number of rotatable bonds is 13. The first kappa shape index (κ1) is 54.5. The Balaban J connectivity index is -0.000000126. The van der Waals surface area contributed by atoms with Gasteiger partial charge >= 0.3 is 34.1 Å². The maximum atomic E-state index is 5.82. The van der Waals surface area contributed by atoms with E-state index >= 15 is 0 Å². The molecule has 0 saturated heterocycles. The maximum Gasteiger partial charge on any atom is 2.00 e. The number of hydrogen-bond acceptors (Lipinski definition) is 3. The molecule has 0 amide bonds. The van der Waals surface area contributed by atoms with Crippen LogP contribution in [0.1, 0.15) is 143 Å². The van der Waals surface area contributed by atoms with Crippen molar-refractivity contribution < 1.29 is 88.4 Å². The van der Waals surface area contributed by atoms with Gasteiger partial charge < -0.3 is 54.5 Å². The first-order chi connectivity index (χ1) is 16.1. The monoisotopic (exact) mass is 751 g/mol. The van der Waals surface area contributed by atoms with Crippen LogP contribution < -0.4 is 61.0 Å². The van der Waals surface area contributed by atoms with Crippen molar-refractivity contribution in [2.45, 2.75) is 154 Å².